The first-order valence-electron chi connectivity index (χ1n) is 9.70. The monoisotopic (exact) mass is 394 g/mol. The summed E-state index contributed by atoms with van der Waals surface area (Å²) in [4.78, 5) is 27.4. The number of nitriles is 1. The molecule has 0 bridgehead atoms. The van der Waals surface area contributed by atoms with E-state index in [1.165, 1.54) is 0 Å². The Bertz CT molecular complexity index is 906. The number of aryl methyl sites for hydroxylation is 1. The average molecular weight is 394 g/mol. The fourth-order valence-corrected chi connectivity index (χ4v) is 3.94. The van der Waals surface area contributed by atoms with Gasteiger partial charge in [-0.15, -0.1) is 0 Å². The quantitative estimate of drug-likeness (QED) is 0.772. The first-order chi connectivity index (χ1) is 14.0. The number of hydrogen-bond acceptors (Lipinski definition) is 7. The predicted octanol–water partition coefficient (Wildman–Crippen LogP) is 2.29. The summed E-state index contributed by atoms with van der Waals surface area (Å²) in [6.07, 6.45) is 4.01. The zero-order valence-electron chi connectivity index (χ0n) is 17.1. The number of amides is 1. The van der Waals surface area contributed by atoms with E-state index in [-0.39, 0.29) is 24.6 Å². The topological polar surface area (TPSA) is 103 Å². The molecule has 8 nitrogen and oxygen atoms in total. The van der Waals surface area contributed by atoms with Crippen LogP contribution in [0.1, 0.15) is 49.6 Å². The Labute approximate surface area is 171 Å². The molecule has 8 heteroatoms. The van der Waals surface area contributed by atoms with Gasteiger partial charge < -0.3 is 15.0 Å². The standard InChI is InChI=1S/C21H26N6O2/c1-13-18(10-5-15(11-22)24-13)14(2)25-21-20(23-3)26-19(28)12-27(21)16-6-8-17(29-4)9-7-16/h5,10,16-17H,3,6-9,12H2,1-2,4H3,(H,26,28). The van der Waals surface area contributed by atoms with Gasteiger partial charge in [-0.1, -0.05) is 0 Å². The summed E-state index contributed by atoms with van der Waals surface area (Å²) < 4.78 is 5.48. The minimum atomic E-state index is -0.117. The van der Waals surface area contributed by atoms with E-state index in [1.54, 1.807) is 13.2 Å². The predicted molar refractivity (Wildman–Crippen MR) is 110 cm³/mol. The van der Waals surface area contributed by atoms with Gasteiger partial charge in [0.25, 0.3) is 0 Å². The average Bonchev–Trinajstić information content (AvgIpc) is 2.74. The normalized spacial score (nSPS) is 22.9. The second-order valence-electron chi connectivity index (χ2n) is 7.31. The lowest BCUT2D eigenvalue weighted by molar-refractivity contribution is -0.122. The lowest BCUT2D eigenvalue weighted by atomic mass is 9.91. The molecular weight excluding hydrogens is 368 g/mol. The maximum atomic E-state index is 12.2. The van der Waals surface area contributed by atoms with E-state index in [0.29, 0.717) is 17.3 Å². The number of carbonyl (C=O) groups is 1. The first kappa shape index (κ1) is 20.7. The van der Waals surface area contributed by atoms with E-state index < -0.39 is 0 Å². The summed E-state index contributed by atoms with van der Waals surface area (Å²) in [5.41, 5.74) is 2.68. The molecule has 1 saturated carbocycles. The van der Waals surface area contributed by atoms with Crippen molar-refractivity contribution in [2.24, 2.45) is 9.98 Å². The smallest absolute Gasteiger partial charge is 0.245 e. The number of aliphatic imine (C=N–C) groups is 2. The van der Waals surface area contributed by atoms with Crippen molar-refractivity contribution in [2.75, 3.05) is 13.7 Å². The number of pyridine rings is 1. The van der Waals surface area contributed by atoms with E-state index in [0.717, 1.165) is 42.7 Å². The van der Waals surface area contributed by atoms with Crippen LogP contribution >= 0.6 is 0 Å². The molecule has 0 atom stereocenters. The molecule has 1 aromatic heterocycles. The van der Waals surface area contributed by atoms with Crippen molar-refractivity contribution in [1.29, 1.82) is 5.26 Å². The zero-order chi connectivity index (χ0) is 21.0. The van der Waals surface area contributed by atoms with Crippen molar-refractivity contribution in [3.63, 3.8) is 0 Å². The summed E-state index contributed by atoms with van der Waals surface area (Å²) in [5, 5.41) is 11.8. The SMILES string of the molecule is C=NC1=C(N=C(C)c2ccc(C#N)nc2C)N(C2CCC(OC)CC2)CC(=O)N1. The van der Waals surface area contributed by atoms with Crippen LogP contribution in [0.3, 0.4) is 0 Å². The molecule has 0 radical (unpaired) electrons. The molecule has 1 fully saturated rings. The van der Waals surface area contributed by atoms with Crippen LogP contribution in [0, 0.1) is 18.3 Å². The Morgan fingerprint density at radius 3 is 2.69 bits per heavy atom. The van der Waals surface area contributed by atoms with E-state index in [4.69, 9.17) is 15.0 Å². The Morgan fingerprint density at radius 1 is 1.38 bits per heavy atom. The minimum absolute atomic E-state index is 0.117. The van der Waals surface area contributed by atoms with Gasteiger partial charge >= 0.3 is 0 Å². The van der Waals surface area contributed by atoms with Crippen LogP contribution in [0.15, 0.2) is 33.8 Å². The molecule has 3 rings (SSSR count). The lowest BCUT2D eigenvalue weighted by Gasteiger charge is -2.39. The lowest BCUT2D eigenvalue weighted by Crippen LogP contribution is -2.48. The third-order valence-corrected chi connectivity index (χ3v) is 5.50. The second-order valence-corrected chi connectivity index (χ2v) is 7.31. The van der Waals surface area contributed by atoms with Crippen LogP contribution in [0.5, 0.6) is 0 Å². The zero-order valence-corrected chi connectivity index (χ0v) is 17.1. The van der Waals surface area contributed by atoms with Crippen molar-refractivity contribution in [2.45, 2.75) is 51.7 Å². The van der Waals surface area contributed by atoms with Gasteiger partial charge in [-0.25, -0.2) is 15.0 Å². The van der Waals surface area contributed by atoms with Crippen LogP contribution in [0.4, 0.5) is 0 Å². The van der Waals surface area contributed by atoms with E-state index >= 15 is 0 Å². The van der Waals surface area contributed by atoms with Crippen molar-refractivity contribution < 1.29 is 9.53 Å². The highest BCUT2D eigenvalue weighted by Gasteiger charge is 2.33. The van der Waals surface area contributed by atoms with Gasteiger partial charge in [-0.05, 0) is 58.4 Å². The van der Waals surface area contributed by atoms with Gasteiger partial charge in [-0.3, -0.25) is 4.79 Å². The molecular formula is C21H26N6O2. The number of carbonyl (C=O) groups excluding carboxylic acids is 1. The van der Waals surface area contributed by atoms with Crippen LogP contribution in [0.25, 0.3) is 0 Å². The van der Waals surface area contributed by atoms with Gasteiger partial charge in [0.15, 0.2) is 11.6 Å². The molecule has 2 aliphatic rings. The number of ether oxygens (including phenoxy) is 1. The molecule has 152 valence electrons. The minimum Gasteiger partial charge on any atom is -0.381 e. The van der Waals surface area contributed by atoms with Gasteiger partial charge in [0.05, 0.1) is 12.6 Å². The molecule has 1 aliphatic carbocycles. The van der Waals surface area contributed by atoms with E-state index in [9.17, 15) is 4.79 Å². The van der Waals surface area contributed by atoms with Crippen molar-refractivity contribution in [1.82, 2.24) is 15.2 Å². The van der Waals surface area contributed by atoms with Gasteiger partial charge in [0, 0.05) is 30.1 Å². The molecule has 2 heterocycles. The Morgan fingerprint density at radius 2 is 2.10 bits per heavy atom. The largest absolute Gasteiger partial charge is 0.381 e. The summed E-state index contributed by atoms with van der Waals surface area (Å²) in [7, 11) is 1.74. The van der Waals surface area contributed by atoms with Gasteiger partial charge in [0.1, 0.15) is 11.8 Å². The highest BCUT2D eigenvalue weighted by molar-refractivity contribution is 6.00. The first-order valence-corrected chi connectivity index (χ1v) is 9.70. The number of aromatic nitrogens is 1. The van der Waals surface area contributed by atoms with Crippen molar-refractivity contribution in [3.8, 4) is 6.07 Å². The third kappa shape index (κ3) is 4.51. The van der Waals surface area contributed by atoms with E-state index in [1.807, 2.05) is 30.9 Å². The molecule has 0 unspecified atom stereocenters. The summed E-state index contributed by atoms with van der Waals surface area (Å²) in [5.74, 6) is 0.865. The van der Waals surface area contributed by atoms with Crippen LogP contribution in [-0.2, 0) is 9.53 Å². The summed E-state index contributed by atoms with van der Waals surface area (Å²) >= 11 is 0. The maximum Gasteiger partial charge on any atom is 0.245 e. The van der Waals surface area contributed by atoms with Crippen molar-refractivity contribution in [3.05, 3.63) is 40.7 Å². The maximum absolute atomic E-state index is 12.2. The van der Waals surface area contributed by atoms with Gasteiger partial charge in [-0.2, -0.15) is 5.26 Å². The fraction of sp³-hybridized carbons (Fsp3) is 0.476. The van der Waals surface area contributed by atoms with Gasteiger partial charge in [0.2, 0.25) is 5.91 Å². The molecule has 0 saturated heterocycles. The summed E-state index contributed by atoms with van der Waals surface area (Å²) in [6, 6.07) is 5.76. The Kier molecular flexibility index (Phi) is 6.39. The number of rotatable bonds is 5. The third-order valence-electron chi connectivity index (χ3n) is 5.50. The summed E-state index contributed by atoms with van der Waals surface area (Å²) in [6.45, 7) is 7.58. The molecule has 0 spiro atoms. The van der Waals surface area contributed by atoms with Crippen LogP contribution < -0.4 is 5.32 Å². The second kappa shape index (κ2) is 8.97. The molecule has 1 N–H and O–H groups in total. The Hall–Kier alpha value is -3.05. The molecule has 1 aliphatic heterocycles. The molecule has 1 amide bonds. The van der Waals surface area contributed by atoms with Crippen LogP contribution in [0.2, 0.25) is 0 Å². The van der Waals surface area contributed by atoms with Crippen LogP contribution in [-0.4, -0.2) is 54.0 Å². The van der Waals surface area contributed by atoms with E-state index in [2.05, 4.69) is 22.0 Å². The van der Waals surface area contributed by atoms with Crippen molar-refractivity contribution >= 4 is 18.3 Å². The number of hydrogen-bond donors (Lipinski definition) is 1. The Balaban J connectivity index is 1.96. The molecule has 29 heavy (non-hydrogen) atoms. The number of nitrogens with one attached hydrogen (secondary N) is 1. The molecule has 1 aromatic rings. The highest BCUT2D eigenvalue weighted by atomic mass is 16.5. The number of methoxy groups -OCH3 is 1. The molecule has 0 aromatic carbocycles. The fourth-order valence-electron chi connectivity index (χ4n) is 3.94. The number of nitrogens with zero attached hydrogens (tertiary/aromatic N) is 5. The highest BCUT2D eigenvalue weighted by Crippen LogP contribution is 2.30.